The molecule has 1 aromatic heterocycles. The highest BCUT2D eigenvalue weighted by atomic mass is 16.4. The topological polar surface area (TPSA) is 50.2 Å². The number of hydrogen-bond donors (Lipinski definition) is 1. The minimum Gasteiger partial charge on any atom is -0.481 e. The number of pyridine rings is 1. The van der Waals surface area contributed by atoms with Gasteiger partial charge in [-0.3, -0.25) is 9.78 Å². The Hall–Kier alpha value is -1.38. The highest BCUT2D eigenvalue weighted by molar-refractivity contribution is 5.80. The van der Waals surface area contributed by atoms with Gasteiger partial charge in [-0.1, -0.05) is 18.9 Å². The van der Waals surface area contributed by atoms with Gasteiger partial charge in [0.25, 0.3) is 0 Å². The van der Waals surface area contributed by atoms with Crippen LogP contribution in [0, 0.1) is 5.92 Å². The molecule has 1 aliphatic rings. The summed E-state index contributed by atoms with van der Waals surface area (Å²) in [7, 11) is 0. The van der Waals surface area contributed by atoms with Crippen LogP contribution in [0.2, 0.25) is 0 Å². The maximum Gasteiger partial charge on any atom is 0.315 e. The van der Waals surface area contributed by atoms with Crippen LogP contribution >= 0.6 is 0 Å². The Morgan fingerprint density at radius 1 is 1.44 bits per heavy atom. The third-order valence-electron chi connectivity index (χ3n) is 3.81. The van der Waals surface area contributed by atoms with Crippen LogP contribution in [-0.2, 0) is 10.2 Å². The van der Waals surface area contributed by atoms with Crippen molar-refractivity contribution in [1.82, 2.24) is 4.98 Å². The minimum atomic E-state index is -0.822. The summed E-state index contributed by atoms with van der Waals surface area (Å²) < 4.78 is 0. The molecular formula is C13H17NO2. The molecule has 1 saturated carbocycles. The van der Waals surface area contributed by atoms with Gasteiger partial charge >= 0.3 is 5.97 Å². The number of nitrogens with zero attached hydrogens (tertiary/aromatic N) is 1. The summed E-state index contributed by atoms with van der Waals surface area (Å²) in [6.45, 7) is 1.81. The van der Waals surface area contributed by atoms with Crippen molar-refractivity contribution in [1.29, 1.82) is 0 Å². The van der Waals surface area contributed by atoms with Crippen molar-refractivity contribution in [3.8, 4) is 0 Å². The molecule has 1 aliphatic carbocycles. The Bertz CT molecular complexity index is 371. The first-order chi connectivity index (χ1) is 7.65. The lowest BCUT2D eigenvalue weighted by molar-refractivity contribution is -0.145. The van der Waals surface area contributed by atoms with Crippen LogP contribution in [0.1, 0.15) is 38.3 Å². The summed E-state index contributed by atoms with van der Waals surface area (Å²) in [6.07, 6.45) is 5.95. The van der Waals surface area contributed by atoms with E-state index in [1.165, 1.54) is 0 Å². The number of aliphatic carboxylic acids is 1. The number of hydrogen-bond acceptors (Lipinski definition) is 2. The van der Waals surface area contributed by atoms with Crippen LogP contribution in [0.3, 0.4) is 0 Å². The van der Waals surface area contributed by atoms with Crippen molar-refractivity contribution < 1.29 is 9.90 Å². The molecule has 1 unspecified atom stereocenters. The molecule has 0 saturated heterocycles. The van der Waals surface area contributed by atoms with E-state index in [0.717, 1.165) is 25.7 Å². The summed E-state index contributed by atoms with van der Waals surface area (Å²) in [5, 5.41) is 9.51. The Labute approximate surface area is 95.5 Å². The molecule has 1 fully saturated rings. The van der Waals surface area contributed by atoms with E-state index in [2.05, 4.69) is 4.98 Å². The fourth-order valence-electron chi connectivity index (χ4n) is 2.67. The summed E-state index contributed by atoms with van der Waals surface area (Å²) in [6, 6.07) is 5.51. The van der Waals surface area contributed by atoms with Gasteiger partial charge in [-0.25, -0.2) is 0 Å². The quantitative estimate of drug-likeness (QED) is 0.850. The molecule has 0 aliphatic heterocycles. The van der Waals surface area contributed by atoms with Gasteiger partial charge in [-0.05, 0) is 37.8 Å². The third kappa shape index (κ3) is 1.70. The zero-order chi connectivity index (χ0) is 11.6. The van der Waals surface area contributed by atoms with E-state index >= 15 is 0 Å². The minimum absolute atomic E-state index is 0.222. The average Bonchev–Trinajstić information content (AvgIpc) is 2.82. The molecule has 1 atom stereocenters. The van der Waals surface area contributed by atoms with Crippen molar-refractivity contribution in [3.05, 3.63) is 30.1 Å². The highest BCUT2D eigenvalue weighted by Crippen LogP contribution is 2.41. The first-order valence-electron chi connectivity index (χ1n) is 5.80. The first kappa shape index (κ1) is 11.1. The molecule has 0 radical (unpaired) electrons. The molecule has 0 amide bonds. The molecule has 86 valence electrons. The second-order valence-corrected chi connectivity index (χ2v) is 4.70. The molecular weight excluding hydrogens is 202 g/mol. The van der Waals surface area contributed by atoms with Crippen LogP contribution in [0.4, 0.5) is 0 Å². The van der Waals surface area contributed by atoms with Crippen LogP contribution < -0.4 is 0 Å². The fraction of sp³-hybridized carbons (Fsp3) is 0.538. The molecule has 1 N–H and O–H groups in total. The zero-order valence-corrected chi connectivity index (χ0v) is 9.52. The van der Waals surface area contributed by atoms with Gasteiger partial charge in [-0.15, -0.1) is 0 Å². The van der Waals surface area contributed by atoms with E-state index in [-0.39, 0.29) is 5.92 Å². The van der Waals surface area contributed by atoms with Gasteiger partial charge in [0.2, 0.25) is 0 Å². The normalized spacial score (nSPS) is 20.6. The Morgan fingerprint density at radius 3 is 2.62 bits per heavy atom. The number of rotatable bonds is 3. The number of carbonyl (C=O) groups is 1. The maximum atomic E-state index is 11.6. The lowest BCUT2D eigenvalue weighted by Gasteiger charge is -2.30. The van der Waals surface area contributed by atoms with Gasteiger partial charge in [0.15, 0.2) is 0 Å². The van der Waals surface area contributed by atoms with E-state index in [0.29, 0.717) is 5.69 Å². The second kappa shape index (κ2) is 4.24. The number of carboxylic acids is 1. The second-order valence-electron chi connectivity index (χ2n) is 4.70. The molecule has 3 heteroatoms. The van der Waals surface area contributed by atoms with Gasteiger partial charge in [0, 0.05) is 6.20 Å². The molecule has 1 heterocycles. The third-order valence-corrected chi connectivity index (χ3v) is 3.81. The van der Waals surface area contributed by atoms with Crippen molar-refractivity contribution >= 4 is 5.97 Å². The standard InChI is InChI=1S/C13H17NO2/c1-13(12(15)16,10-6-2-3-7-10)11-8-4-5-9-14-11/h4-5,8-10H,2-3,6-7H2,1H3,(H,15,16). The monoisotopic (exact) mass is 219 g/mol. The molecule has 1 aromatic rings. The molecule has 2 rings (SSSR count). The number of aromatic nitrogens is 1. The molecule has 0 aromatic carbocycles. The molecule has 0 bridgehead atoms. The maximum absolute atomic E-state index is 11.6. The summed E-state index contributed by atoms with van der Waals surface area (Å²) in [4.78, 5) is 15.8. The zero-order valence-electron chi connectivity index (χ0n) is 9.52. The lowest BCUT2D eigenvalue weighted by atomic mass is 9.73. The molecule has 3 nitrogen and oxygen atoms in total. The summed E-state index contributed by atoms with van der Waals surface area (Å²) in [5.74, 6) is -0.530. The van der Waals surface area contributed by atoms with Gasteiger partial charge in [0.05, 0.1) is 5.69 Å². The Balaban J connectivity index is 2.39. The van der Waals surface area contributed by atoms with E-state index in [4.69, 9.17) is 0 Å². The van der Waals surface area contributed by atoms with Gasteiger partial charge < -0.3 is 5.11 Å². The van der Waals surface area contributed by atoms with Crippen LogP contribution in [0.15, 0.2) is 24.4 Å². The summed E-state index contributed by atoms with van der Waals surface area (Å²) >= 11 is 0. The largest absolute Gasteiger partial charge is 0.481 e. The lowest BCUT2D eigenvalue weighted by Crippen LogP contribution is -2.39. The predicted octanol–water partition coefficient (Wildman–Crippen LogP) is 2.61. The average molecular weight is 219 g/mol. The first-order valence-corrected chi connectivity index (χ1v) is 5.80. The summed E-state index contributed by atoms with van der Waals surface area (Å²) in [5.41, 5.74) is -0.132. The van der Waals surface area contributed by atoms with Crippen molar-refractivity contribution in [2.75, 3.05) is 0 Å². The van der Waals surface area contributed by atoms with Crippen molar-refractivity contribution in [2.45, 2.75) is 38.0 Å². The van der Waals surface area contributed by atoms with E-state index in [1.54, 1.807) is 6.20 Å². The van der Waals surface area contributed by atoms with Crippen LogP contribution in [-0.4, -0.2) is 16.1 Å². The molecule has 0 spiro atoms. The van der Waals surface area contributed by atoms with E-state index < -0.39 is 11.4 Å². The number of carboxylic acid groups (broad SMARTS) is 1. The van der Waals surface area contributed by atoms with Gasteiger partial charge in [-0.2, -0.15) is 0 Å². The Kier molecular flexibility index (Phi) is 2.95. The Morgan fingerprint density at radius 2 is 2.12 bits per heavy atom. The van der Waals surface area contributed by atoms with Crippen LogP contribution in [0.25, 0.3) is 0 Å². The van der Waals surface area contributed by atoms with E-state index in [9.17, 15) is 9.90 Å². The smallest absolute Gasteiger partial charge is 0.315 e. The van der Waals surface area contributed by atoms with E-state index in [1.807, 2.05) is 25.1 Å². The molecule has 16 heavy (non-hydrogen) atoms. The van der Waals surface area contributed by atoms with Gasteiger partial charge in [0.1, 0.15) is 5.41 Å². The fourth-order valence-corrected chi connectivity index (χ4v) is 2.67. The SMILES string of the molecule is CC(C(=O)O)(c1ccccn1)C1CCCC1. The van der Waals surface area contributed by atoms with Crippen molar-refractivity contribution in [3.63, 3.8) is 0 Å². The highest BCUT2D eigenvalue weighted by Gasteiger charge is 2.45. The predicted molar refractivity (Wildman–Crippen MR) is 61.2 cm³/mol. The van der Waals surface area contributed by atoms with Crippen molar-refractivity contribution in [2.24, 2.45) is 5.92 Å². The van der Waals surface area contributed by atoms with Crippen LogP contribution in [0.5, 0.6) is 0 Å².